The van der Waals surface area contributed by atoms with Crippen molar-refractivity contribution in [2.45, 2.75) is 19.4 Å². The van der Waals surface area contributed by atoms with E-state index in [1.807, 2.05) is 0 Å². The quantitative estimate of drug-likeness (QED) is 0.920. The second-order valence-corrected chi connectivity index (χ2v) is 4.46. The van der Waals surface area contributed by atoms with Gasteiger partial charge in [-0.05, 0) is 34.5 Å². The first-order chi connectivity index (χ1) is 7.97. The molecule has 0 aliphatic rings. The lowest BCUT2D eigenvalue weighted by atomic mass is 10.2. The monoisotopic (exact) mass is 300 g/mol. The van der Waals surface area contributed by atoms with Crippen LogP contribution in [0.3, 0.4) is 0 Å². The highest BCUT2D eigenvalue weighted by molar-refractivity contribution is 9.10. The number of carboxylic acid groups (broad SMARTS) is 1. The van der Waals surface area contributed by atoms with E-state index in [1.165, 1.54) is 18.1 Å². The van der Waals surface area contributed by atoms with Crippen LogP contribution in [0.5, 0.6) is 0 Å². The molecule has 1 N–H and O–H groups in total. The van der Waals surface area contributed by atoms with Crippen molar-refractivity contribution in [1.82, 2.24) is 9.88 Å². The fraction of sp³-hybridized carbons (Fsp3) is 0.364. The highest BCUT2D eigenvalue weighted by atomic mass is 79.9. The zero-order valence-corrected chi connectivity index (χ0v) is 11.1. The van der Waals surface area contributed by atoms with E-state index >= 15 is 0 Å². The molecular formula is C11H13BrN2O3. The zero-order valence-electron chi connectivity index (χ0n) is 9.55. The number of nitrogens with zero attached hydrogens (tertiary/aromatic N) is 2. The Morgan fingerprint density at radius 2 is 2.18 bits per heavy atom. The van der Waals surface area contributed by atoms with Crippen LogP contribution in [0.2, 0.25) is 0 Å². The fourth-order valence-electron chi connectivity index (χ4n) is 1.44. The van der Waals surface area contributed by atoms with Gasteiger partial charge >= 0.3 is 5.97 Å². The number of pyridine rings is 1. The van der Waals surface area contributed by atoms with E-state index in [0.717, 1.165) is 4.47 Å². The predicted octanol–water partition coefficient (Wildman–Crippen LogP) is 1.78. The van der Waals surface area contributed by atoms with E-state index in [0.29, 0.717) is 6.42 Å². The van der Waals surface area contributed by atoms with Gasteiger partial charge in [0.15, 0.2) is 0 Å². The van der Waals surface area contributed by atoms with Crippen molar-refractivity contribution in [3.8, 4) is 0 Å². The molecule has 0 aliphatic heterocycles. The molecule has 1 rings (SSSR count). The Labute approximate surface area is 108 Å². The standard InChI is InChI=1S/C11H13BrN2O3/c1-3-9(11(16)17)14(2)10(15)8-5-4-7(12)6-13-8/h4-6,9H,3H2,1-2H3,(H,16,17). The van der Waals surface area contributed by atoms with Crippen LogP contribution in [0.1, 0.15) is 23.8 Å². The van der Waals surface area contributed by atoms with Crippen LogP contribution < -0.4 is 0 Å². The highest BCUT2D eigenvalue weighted by Crippen LogP contribution is 2.11. The number of carbonyl (C=O) groups is 2. The van der Waals surface area contributed by atoms with Crippen molar-refractivity contribution in [3.05, 3.63) is 28.5 Å². The number of rotatable bonds is 4. The normalized spacial score (nSPS) is 11.9. The van der Waals surface area contributed by atoms with Crippen LogP contribution in [0.4, 0.5) is 0 Å². The van der Waals surface area contributed by atoms with Crippen molar-refractivity contribution < 1.29 is 14.7 Å². The fourth-order valence-corrected chi connectivity index (χ4v) is 1.67. The Morgan fingerprint density at radius 1 is 1.53 bits per heavy atom. The van der Waals surface area contributed by atoms with Gasteiger partial charge in [-0.25, -0.2) is 9.78 Å². The first-order valence-electron chi connectivity index (χ1n) is 5.09. The van der Waals surface area contributed by atoms with Crippen LogP contribution in [-0.4, -0.2) is 40.0 Å². The molecule has 1 atom stereocenters. The molecule has 1 aromatic rings. The zero-order chi connectivity index (χ0) is 13.0. The molecule has 1 unspecified atom stereocenters. The summed E-state index contributed by atoms with van der Waals surface area (Å²) in [6, 6.07) is 2.42. The van der Waals surface area contributed by atoms with Gasteiger partial charge in [0, 0.05) is 17.7 Å². The number of carbonyl (C=O) groups excluding carboxylic acids is 1. The maximum Gasteiger partial charge on any atom is 0.326 e. The molecule has 6 heteroatoms. The minimum Gasteiger partial charge on any atom is -0.480 e. The van der Waals surface area contributed by atoms with Gasteiger partial charge in [0.2, 0.25) is 0 Å². The lowest BCUT2D eigenvalue weighted by molar-refractivity contribution is -0.142. The topological polar surface area (TPSA) is 70.5 Å². The SMILES string of the molecule is CCC(C(=O)O)N(C)C(=O)c1ccc(Br)cn1. The highest BCUT2D eigenvalue weighted by Gasteiger charge is 2.25. The number of likely N-dealkylation sites (N-methyl/N-ethyl adjacent to an activating group) is 1. The summed E-state index contributed by atoms with van der Waals surface area (Å²) in [5.74, 6) is -1.41. The second kappa shape index (κ2) is 5.77. The largest absolute Gasteiger partial charge is 0.480 e. The number of amides is 1. The summed E-state index contributed by atoms with van der Waals surface area (Å²) in [6.45, 7) is 1.72. The molecule has 0 radical (unpaired) electrons. The van der Waals surface area contributed by atoms with Crippen molar-refractivity contribution >= 4 is 27.8 Å². The third kappa shape index (κ3) is 3.26. The summed E-state index contributed by atoms with van der Waals surface area (Å²) >= 11 is 3.22. The van der Waals surface area contributed by atoms with Gasteiger partial charge in [0.05, 0.1) is 0 Å². The summed E-state index contributed by atoms with van der Waals surface area (Å²) in [7, 11) is 1.47. The summed E-state index contributed by atoms with van der Waals surface area (Å²) in [5.41, 5.74) is 0.232. The number of hydrogen-bond acceptors (Lipinski definition) is 3. The van der Waals surface area contributed by atoms with Gasteiger partial charge in [-0.1, -0.05) is 6.92 Å². The molecule has 0 aromatic carbocycles. The maximum absolute atomic E-state index is 11.9. The molecule has 0 fully saturated rings. The predicted molar refractivity (Wildman–Crippen MR) is 65.7 cm³/mol. The Kier molecular flexibility index (Phi) is 4.62. The van der Waals surface area contributed by atoms with E-state index in [9.17, 15) is 9.59 Å². The summed E-state index contributed by atoms with van der Waals surface area (Å²) in [6.07, 6.45) is 1.86. The van der Waals surface area contributed by atoms with Crippen LogP contribution in [0.15, 0.2) is 22.8 Å². The van der Waals surface area contributed by atoms with Crippen LogP contribution >= 0.6 is 15.9 Å². The molecule has 1 aromatic heterocycles. The Balaban J connectivity index is 2.89. The van der Waals surface area contributed by atoms with Crippen LogP contribution in [0, 0.1) is 0 Å². The summed E-state index contributed by atoms with van der Waals surface area (Å²) in [4.78, 5) is 28.0. The summed E-state index contributed by atoms with van der Waals surface area (Å²) in [5, 5.41) is 8.96. The van der Waals surface area contributed by atoms with Gasteiger partial charge in [0.25, 0.3) is 5.91 Å². The number of carboxylic acids is 1. The maximum atomic E-state index is 11.9. The molecule has 17 heavy (non-hydrogen) atoms. The van der Waals surface area contributed by atoms with Crippen LogP contribution in [-0.2, 0) is 4.79 Å². The molecule has 1 amide bonds. The second-order valence-electron chi connectivity index (χ2n) is 3.54. The molecular weight excluding hydrogens is 288 g/mol. The van der Waals surface area contributed by atoms with Crippen molar-refractivity contribution in [3.63, 3.8) is 0 Å². The molecule has 0 saturated heterocycles. The van der Waals surface area contributed by atoms with E-state index in [1.54, 1.807) is 19.1 Å². The Hall–Kier alpha value is -1.43. The average molecular weight is 301 g/mol. The number of aromatic nitrogens is 1. The van der Waals surface area contributed by atoms with Crippen molar-refractivity contribution in [2.75, 3.05) is 7.05 Å². The molecule has 5 nitrogen and oxygen atoms in total. The van der Waals surface area contributed by atoms with Crippen molar-refractivity contribution in [2.24, 2.45) is 0 Å². The molecule has 1 heterocycles. The molecule has 0 spiro atoms. The van der Waals surface area contributed by atoms with Crippen molar-refractivity contribution in [1.29, 1.82) is 0 Å². The van der Waals surface area contributed by atoms with Crippen LogP contribution in [0.25, 0.3) is 0 Å². The van der Waals surface area contributed by atoms with E-state index in [4.69, 9.17) is 5.11 Å². The third-order valence-electron chi connectivity index (χ3n) is 2.41. The smallest absolute Gasteiger partial charge is 0.326 e. The van der Waals surface area contributed by atoms with E-state index < -0.39 is 17.9 Å². The first kappa shape index (κ1) is 13.6. The first-order valence-corrected chi connectivity index (χ1v) is 5.88. The molecule has 92 valence electrons. The third-order valence-corrected chi connectivity index (χ3v) is 2.88. The van der Waals surface area contributed by atoms with Gasteiger partial charge in [-0.15, -0.1) is 0 Å². The molecule has 0 bridgehead atoms. The van der Waals surface area contributed by atoms with E-state index in [-0.39, 0.29) is 5.69 Å². The number of aliphatic carboxylic acids is 1. The Morgan fingerprint density at radius 3 is 2.59 bits per heavy atom. The molecule has 0 saturated carbocycles. The van der Waals surface area contributed by atoms with Gasteiger partial charge in [-0.3, -0.25) is 4.79 Å². The van der Waals surface area contributed by atoms with Gasteiger partial charge in [0.1, 0.15) is 11.7 Å². The minimum absolute atomic E-state index is 0.232. The Bertz CT molecular complexity index is 419. The lowest BCUT2D eigenvalue weighted by Gasteiger charge is -2.23. The average Bonchev–Trinajstić information content (AvgIpc) is 2.29. The lowest BCUT2D eigenvalue weighted by Crippen LogP contribution is -2.42. The summed E-state index contributed by atoms with van der Waals surface area (Å²) < 4.78 is 0.766. The van der Waals surface area contributed by atoms with E-state index in [2.05, 4.69) is 20.9 Å². The van der Waals surface area contributed by atoms with Gasteiger partial charge < -0.3 is 10.0 Å². The minimum atomic E-state index is -1.01. The molecule has 0 aliphatic carbocycles. The number of hydrogen-bond donors (Lipinski definition) is 1. The number of halogens is 1. The van der Waals surface area contributed by atoms with Gasteiger partial charge in [-0.2, -0.15) is 0 Å².